The number of carbonyl (C=O) groups excluding carboxylic acids is 1. The van der Waals surface area contributed by atoms with Crippen molar-refractivity contribution in [3.05, 3.63) is 36.0 Å². The number of aryl methyl sites for hydroxylation is 1. The molecule has 2 N–H and O–H groups in total. The molecule has 8 nitrogen and oxygen atoms in total. The summed E-state index contributed by atoms with van der Waals surface area (Å²) in [6.45, 7) is 3.80. The van der Waals surface area contributed by atoms with Crippen molar-refractivity contribution in [1.82, 2.24) is 25.1 Å². The molecule has 8 heteroatoms. The molecule has 126 valence electrons. The summed E-state index contributed by atoms with van der Waals surface area (Å²) in [6, 6.07) is 1.96. The molecule has 4 heterocycles. The third-order valence-corrected chi connectivity index (χ3v) is 4.65. The topological polar surface area (TPSA) is 96.0 Å². The van der Waals surface area contributed by atoms with E-state index in [1.165, 1.54) is 0 Å². The maximum atomic E-state index is 12.5. The Morgan fingerprint density at radius 2 is 2.42 bits per heavy atom. The lowest BCUT2D eigenvalue weighted by Crippen LogP contribution is -2.36. The molecular weight excluding hydrogens is 308 g/mol. The Balaban J connectivity index is 1.38. The van der Waals surface area contributed by atoms with Crippen molar-refractivity contribution in [3.63, 3.8) is 0 Å². The molecule has 2 atom stereocenters. The molecule has 1 amide bonds. The van der Waals surface area contributed by atoms with Crippen LogP contribution in [0.15, 0.2) is 24.7 Å². The number of aromatic nitrogens is 4. The number of carbonyl (C=O) groups is 1. The number of ether oxygens (including phenoxy) is 1. The lowest BCUT2D eigenvalue weighted by molar-refractivity contribution is 0.0124. The van der Waals surface area contributed by atoms with Crippen molar-refractivity contribution in [2.75, 3.05) is 25.0 Å². The Morgan fingerprint density at radius 1 is 1.50 bits per heavy atom. The molecule has 2 fully saturated rings. The highest BCUT2D eigenvalue weighted by Gasteiger charge is 2.47. The standard InChI is InChI=1S/C16H20N6O2/c1-11-6-13(21-20-11)15(23)22-5-2-16(10-22)7-12(9-24-16)19-14-8-17-3-4-18-14/h3-4,6,8,12H,2,5,7,9-10H2,1H3,(H,18,19)(H,20,21)/t12-,16-/m0/s1. The smallest absolute Gasteiger partial charge is 0.274 e. The maximum absolute atomic E-state index is 12.5. The number of amides is 1. The van der Waals surface area contributed by atoms with Gasteiger partial charge in [0.1, 0.15) is 11.5 Å². The van der Waals surface area contributed by atoms with Crippen LogP contribution in [0.3, 0.4) is 0 Å². The van der Waals surface area contributed by atoms with Crippen molar-refractivity contribution in [1.29, 1.82) is 0 Å². The lowest BCUT2D eigenvalue weighted by Gasteiger charge is -2.23. The Morgan fingerprint density at radius 3 is 3.17 bits per heavy atom. The summed E-state index contributed by atoms with van der Waals surface area (Å²) in [6.07, 6.45) is 6.72. The molecule has 1 spiro atoms. The van der Waals surface area contributed by atoms with Crippen LogP contribution in [0.4, 0.5) is 5.82 Å². The van der Waals surface area contributed by atoms with Gasteiger partial charge in [0.2, 0.25) is 0 Å². The summed E-state index contributed by atoms with van der Waals surface area (Å²) in [5, 5.41) is 10.2. The number of H-pyrrole nitrogens is 1. The predicted octanol–water partition coefficient (Wildman–Crippen LogP) is 0.994. The van der Waals surface area contributed by atoms with Crippen molar-refractivity contribution in [3.8, 4) is 0 Å². The van der Waals surface area contributed by atoms with Crippen LogP contribution >= 0.6 is 0 Å². The van der Waals surface area contributed by atoms with E-state index in [1.54, 1.807) is 24.7 Å². The minimum atomic E-state index is -0.263. The van der Waals surface area contributed by atoms with E-state index < -0.39 is 0 Å². The van der Waals surface area contributed by atoms with Crippen LogP contribution in [-0.2, 0) is 4.74 Å². The summed E-state index contributed by atoms with van der Waals surface area (Å²) in [5.41, 5.74) is 1.09. The maximum Gasteiger partial charge on any atom is 0.274 e. The molecule has 4 rings (SSSR count). The van der Waals surface area contributed by atoms with Crippen molar-refractivity contribution >= 4 is 11.7 Å². The first-order chi connectivity index (χ1) is 11.6. The SMILES string of the molecule is Cc1cc(C(=O)N2CC[C@]3(C[C@H](Nc4cnccn4)CO3)C2)n[nH]1. The molecule has 24 heavy (non-hydrogen) atoms. The van der Waals surface area contributed by atoms with E-state index in [2.05, 4.69) is 25.5 Å². The minimum absolute atomic E-state index is 0.0369. The number of anilines is 1. The normalized spacial score (nSPS) is 26.2. The molecule has 2 aromatic heterocycles. The second kappa shape index (κ2) is 5.86. The first-order valence-corrected chi connectivity index (χ1v) is 8.11. The molecule has 0 radical (unpaired) electrons. The van der Waals surface area contributed by atoms with Crippen LogP contribution in [0.1, 0.15) is 29.0 Å². The molecule has 0 aromatic carbocycles. The van der Waals surface area contributed by atoms with Crippen molar-refractivity contribution in [2.24, 2.45) is 0 Å². The fourth-order valence-corrected chi connectivity index (χ4v) is 3.51. The van der Waals surface area contributed by atoms with Crippen molar-refractivity contribution < 1.29 is 9.53 Å². The molecule has 2 saturated heterocycles. The first-order valence-electron chi connectivity index (χ1n) is 8.11. The number of nitrogens with zero attached hydrogens (tertiary/aromatic N) is 4. The highest BCUT2D eigenvalue weighted by atomic mass is 16.5. The quantitative estimate of drug-likeness (QED) is 0.872. The average Bonchev–Trinajstić information content (AvgIpc) is 3.30. The molecule has 0 aliphatic carbocycles. The van der Waals surface area contributed by atoms with E-state index in [0.29, 0.717) is 25.4 Å². The summed E-state index contributed by atoms with van der Waals surface area (Å²) in [5.74, 6) is 0.714. The third kappa shape index (κ3) is 2.84. The molecule has 2 aliphatic rings. The van der Waals surface area contributed by atoms with E-state index in [9.17, 15) is 4.79 Å². The third-order valence-electron chi connectivity index (χ3n) is 4.65. The molecule has 2 aromatic rings. The predicted molar refractivity (Wildman–Crippen MR) is 86.6 cm³/mol. The van der Waals surface area contributed by atoms with Crippen molar-refractivity contribution in [2.45, 2.75) is 31.4 Å². The van der Waals surface area contributed by atoms with Gasteiger partial charge in [-0.15, -0.1) is 0 Å². The number of aromatic amines is 1. The van der Waals surface area contributed by atoms with E-state index in [-0.39, 0.29) is 17.6 Å². The fourth-order valence-electron chi connectivity index (χ4n) is 3.51. The number of hydrogen-bond acceptors (Lipinski definition) is 6. The van der Waals surface area contributed by atoms with Crippen LogP contribution in [0, 0.1) is 6.92 Å². The Hall–Kier alpha value is -2.48. The zero-order chi connectivity index (χ0) is 16.6. The zero-order valence-corrected chi connectivity index (χ0v) is 13.5. The lowest BCUT2D eigenvalue weighted by atomic mass is 9.97. The Labute approximate surface area is 139 Å². The fraction of sp³-hybridized carbons (Fsp3) is 0.500. The van der Waals surface area contributed by atoms with Gasteiger partial charge in [0, 0.05) is 31.1 Å². The van der Waals surface area contributed by atoms with Gasteiger partial charge in [0.25, 0.3) is 5.91 Å². The minimum Gasteiger partial charge on any atom is -0.371 e. The monoisotopic (exact) mass is 328 g/mol. The molecule has 0 unspecified atom stereocenters. The van der Waals surface area contributed by atoms with Gasteiger partial charge in [-0.1, -0.05) is 0 Å². The number of nitrogens with one attached hydrogen (secondary N) is 2. The highest BCUT2D eigenvalue weighted by molar-refractivity contribution is 5.92. The summed E-state index contributed by atoms with van der Waals surface area (Å²) in [7, 11) is 0. The zero-order valence-electron chi connectivity index (χ0n) is 13.5. The molecule has 2 aliphatic heterocycles. The van der Waals surface area contributed by atoms with Gasteiger partial charge in [-0.05, 0) is 19.4 Å². The molecule has 0 saturated carbocycles. The van der Waals surface area contributed by atoms with Gasteiger partial charge in [0.05, 0.1) is 31.0 Å². The largest absolute Gasteiger partial charge is 0.371 e. The summed E-state index contributed by atoms with van der Waals surface area (Å²) < 4.78 is 6.07. The van der Waals surface area contributed by atoms with Gasteiger partial charge in [0.15, 0.2) is 0 Å². The summed E-state index contributed by atoms with van der Waals surface area (Å²) in [4.78, 5) is 22.7. The van der Waals surface area contributed by atoms with Gasteiger partial charge in [-0.2, -0.15) is 5.10 Å². The number of hydrogen-bond donors (Lipinski definition) is 2. The molecular formula is C16H20N6O2. The van der Waals surface area contributed by atoms with Crippen LogP contribution in [-0.4, -0.2) is 62.3 Å². The van der Waals surface area contributed by atoms with Crippen LogP contribution in [0.25, 0.3) is 0 Å². The van der Waals surface area contributed by atoms with E-state index in [0.717, 1.165) is 24.4 Å². The van der Waals surface area contributed by atoms with Gasteiger partial charge < -0.3 is 15.0 Å². The van der Waals surface area contributed by atoms with Gasteiger partial charge >= 0.3 is 0 Å². The van der Waals surface area contributed by atoms with E-state index in [4.69, 9.17) is 4.74 Å². The summed E-state index contributed by atoms with van der Waals surface area (Å²) >= 11 is 0. The average molecular weight is 328 g/mol. The van der Waals surface area contributed by atoms with Gasteiger partial charge in [-0.25, -0.2) is 4.98 Å². The Kier molecular flexibility index (Phi) is 3.68. The van der Waals surface area contributed by atoms with Crippen LogP contribution in [0.2, 0.25) is 0 Å². The Bertz CT molecular complexity index is 733. The van der Waals surface area contributed by atoms with Crippen LogP contribution in [0.5, 0.6) is 0 Å². The van der Waals surface area contributed by atoms with Crippen LogP contribution < -0.4 is 5.32 Å². The second-order valence-electron chi connectivity index (χ2n) is 6.54. The van der Waals surface area contributed by atoms with E-state index >= 15 is 0 Å². The highest BCUT2D eigenvalue weighted by Crippen LogP contribution is 2.36. The first kappa shape index (κ1) is 15.1. The number of rotatable bonds is 3. The molecule has 0 bridgehead atoms. The number of likely N-dealkylation sites (tertiary alicyclic amines) is 1. The van der Waals surface area contributed by atoms with Gasteiger partial charge in [-0.3, -0.25) is 14.9 Å². The second-order valence-corrected chi connectivity index (χ2v) is 6.54. The van der Waals surface area contributed by atoms with E-state index in [1.807, 2.05) is 11.8 Å².